The minimum absolute atomic E-state index is 0.116. The highest BCUT2D eigenvalue weighted by Crippen LogP contribution is 2.33. The fourth-order valence-corrected chi connectivity index (χ4v) is 8.35. The molecule has 5 aromatic heterocycles. The van der Waals surface area contributed by atoms with Gasteiger partial charge in [-0.15, -0.1) is 0 Å². The summed E-state index contributed by atoms with van der Waals surface area (Å²) in [5.41, 5.74) is 3.05. The highest BCUT2D eigenvalue weighted by atomic mass is 32.2. The number of amides is 3. The summed E-state index contributed by atoms with van der Waals surface area (Å²) < 4.78 is 28.3. The van der Waals surface area contributed by atoms with Crippen molar-refractivity contribution >= 4 is 56.0 Å². The number of rotatable bonds is 11. The van der Waals surface area contributed by atoms with Gasteiger partial charge in [0.05, 0.1) is 51.7 Å². The van der Waals surface area contributed by atoms with Crippen LogP contribution in [0.25, 0.3) is 22.3 Å². The van der Waals surface area contributed by atoms with Crippen molar-refractivity contribution in [1.29, 1.82) is 0 Å². The predicted molar refractivity (Wildman–Crippen MR) is 198 cm³/mol. The third kappa shape index (κ3) is 7.03. The number of piperidine rings is 1. The minimum atomic E-state index is -3.48. The monoisotopic (exact) mass is 739 g/mol. The predicted octanol–water partition coefficient (Wildman–Crippen LogP) is 3.69. The van der Waals surface area contributed by atoms with Crippen LogP contribution in [0.15, 0.2) is 55.2 Å². The second-order valence-corrected chi connectivity index (χ2v) is 16.2. The summed E-state index contributed by atoms with van der Waals surface area (Å²) >= 11 is 0. The highest BCUT2D eigenvalue weighted by molar-refractivity contribution is 7.90. The Morgan fingerprint density at radius 3 is 2.51 bits per heavy atom. The average molecular weight is 740 g/mol. The van der Waals surface area contributed by atoms with Gasteiger partial charge >= 0.3 is 6.03 Å². The SMILES string of the molecule is CC(C)n1nc(N2CCC(N(C)Cc3ccc(N4CCC(=O)NC4=O)cn3)CC2)c2cnc(Nc3ccnc(-c4cnn(S(=O)(=O)C5CC5)c4)n3)cc21. The molecular weight excluding hydrogens is 699 g/mol. The Morgan fingerprint density at radius 2 is 1.79 bits per heavy atom. The summed E-state index contributed by atoms with van der Waals surface area (Å²) in [5.74, 6) is 2.12. The van der Waals surface area contributed by atoms with Crippen molar-refractivity contribution in [1.82, 2.24) is 49.1 Å². The van der Waals surface area contributed by atoms with Gasteiger partial charge < -0.3 is 10.2 Å². The molecule has 8 rings (SSSR count). The molecule has 2 saturated heterocycles. The number of hydrogen-bond acceptors (Lipinski definition) is 13. The number of carbonyl (C=O) groups is 2. The number of fused-ring (bicyclic) bond motifs is 1. The van der Waals surface area contributed by atoms with Gasteiger partial charge in [0.15, 0.2) is 11.6 Å². The second-order valence-electron chi connectivity index (χ2n) is 14.1. The fourth-order valence-electron chi connectivity index (χ4n) is 6.87. The summed E-state index contributed by atoms with van der Waals surface area (Å²) in [4.78, 5) is 48.2. The van der Waals surface area contributed by atoms with E-state index in [0.717, 1.165) is 52.4 Å². The van der Waals surface area contributed by atoms with Crippen molar-refractivity contribution in [3.05, 3.63) is 60.9 Å². The molecule has 1 saturated carbocycles. The maximum atomic E-state index is 12.6. The van der Waals surface area contributed by atoms with E-state index in [4.69, 9.17) is 10.1 Å². The molecule has 0 aromatic carbocycles. The largest absolute Gasteiger partial charge is 0.354 e. The minimum Gasteiger partial charge on any atom is -0.354 e. The van der Waals surface area contributed by atoms with Crippen LogP contribution >= 0.6 is 0 Å². The van der Waals surface area contributed by atoms with Gasteiger partial charge in [-0.3, -0.25) is 29.6 Å². The van der Waals surface area contributed by atoms with E-state index in [1.165, 1.54) is 17.3 Å². The van der Waals surface area contributed by atoms with E-state index in [-0.39, 0.29) is 23.6 Å². The number of imide groups is 1. The summed E-state index contributed by atoms with van der Waals surface area (Å²) in [6.45, 7) is 6.93. The molecule has 0 spiro atoms. The quantitative estimate of drug-likeness (QED) is 0.200. The molecule has 3 fully saturated rings. The molecule has 5 aromatic rings. The van der Waals surface area contributed by atoms with Gasteiger partial charge in [-0.1, -0.05) is 0 Å². The molecule has 0 radical (unpaired) electrons. The number of carbonyl (C=O) groups excluding carboxylic acids is 2. The molecule has 17 nitrogen and oxygen atoms in total. The first-order chi connectivity index (χ1) is 25.5. The van der Waals surface area contributed by atoms with Gasteiger partial charge in [0.2, 0.25) is 5.91 Å². The van der Waals surface area contributed by atoms with Gasteiger partial charge in [-0.2, -0.15) is 14.3 Å². The lowest BCUT2D eigenvalue weighted by Gasteiger charge is -2.37. The van der Waals surface area contributed by atoms with Crippen LogP contribution in [-0.2, 0) is 21.4 Å². The van der Waals surface area contributed by atoms with Crippen molar-refractivity contribution in [3.63, 3.8) is 0 Å². The van der Waals surface area contributed by atoms with Crippen LogP contribution in [0.3, 0.4) is 0 Å². The van der Waals surface area contributed by atoms with Crippen molar-refractivity contribution in [2.45, 2.75) is 69.8 Å². The Bertz CT molecular complexity index is 2280. The summed E-state index contributed by atoms with van der Waals surface area (Å²) in [6.07, 6.45) is 11.6. The highest BCUT2D eigenvalue weighted by Gasteiger charge is 2.38. The van der Waals surface area contributed by atoms with E-state index >= 15 is 0 Å². The van der Waals surface area contributed by atoms with E-state index in [0.29, 0.717) is 60.7 Å². The first-order valence-corrected chi connectivity index (χ1v) is 19.3. The first kappa shape index (κ1) is 34.6. The van der Waals surface area contributed by atoms with E-state index in [2.05, 4.69) is 61.4 Å². The zero-order valence-electron chi connectivity index (χ0n) is 29.8. The molecule has 3 aliphatic rings. The lowest BCUT2D eigenvalue weighted by Crippen LogP contribution is -2.49. The van der Waals surface area contributed by atoms with Crippen LogP contribution in [0.4, 0.5) is 27.9 Å². The van der Waals surface area contributed by atoms with Gasteiger partial charge in [-0.05, 0) is 64.8 Å². The van der Waals surface area contributed by atoms with Crippen LogP contribution in [0.2, 0.25) is 0 Å². The van der Waals surface area contributed by atoms with E-state index < -0.39 is 16.1 Å². The second kappa shape index (κ2) is 13.8. The number of nitrogens with zero attached hydrogens (tertiary/aromatic N) is 11. The third-order valence-electron chi connectivity index (χ3n) is 9.97. The Balaban J connectivity index is 0.921. The lowest BCUT2D eigenvalue weighted by molar-refractivity contribution is -0.120. The van der Waals surface area contributed by atoms with Crippen LogP contribution in [0, 0.1) is 0 Å². The standard InChI is InChI=1S/C35H41N13O4S/c1-22(2)48-29-16-31(40-30-8-12-36-33(41-30)23-17-39-47(20-23)53(51,52)27-6-7-27)38-19-28(29)34(43-48)45-13-9-25(10-14-45)44(3)21-24-4-5-26(18-37-24)46-15-11-32(49)42-35(46)50/h4-5,8,12,16-20,22,25,27H,6-7,9-11,13-15,21H2,1-3H3,(H,42,49,50)(H,36,38,40,41). The number of hydrogen-bond donors (Lipinski definition) is 2. The van der Waals surface area contributed by atoms with E-state index in [9.17, 15) is 18.0 Å². The number of urea groups is 1. The van der Waals surface area contributed by atoms with Crippen LogP contribution in [0.1, 0.15) is 57.7 Å². The van der Waals surface area contributed by atoms with Gasteiger partial charge in [0.25, 0.3) is 10.0 Å². The third-order valence-corrected chi connectivity index (χ3v) is 12.0. The molecule has 0 atom stereocenters. The molecule has 53 heavy (non-hydrogen) atoms. The maximum Gasteiger partial charge on any atom is 0.328 e. The van der Waals surface area contributed by atoms with E-state index in [1.807, 2.05) is 29.1 Å². The summed E-state index contributed by atoms with van der Waals surface area (Å²) in [5, 5.41) is 15.4. The number of anilines is 4. The summed E-state index contributed by atoms with van der Waals surface area (Å²) in [7, 11) is -1.37. The van der Waals surface area contributed by atoms with Gasteiger partial charge in [0.1, 0.15) is 11.6 Å². The average Bonchev–Trinajstić information content (AvgIpc) is 3.77. The molecule has 18 heteroatoms. The number of pyridine rings is 2. The lowest BCUT2D eigenvalue weighted by atomic mass is 10.0. The topological polar surface area (TPSA) is 189 Å². The van der Waals surface area contributed by atoms with E-state index in [1.54, 1.807) is 18.5 Å². The molecule has 0 unspecified atom stereocenters. The van der Waals surface area contributed by atoms with Crippen LogP contribution < -0.4 is 20.4 Å². The zero-order chi connectivity index (χ0) is 36.9. The van der Waals surface area contributed by atoms with Crippen LogP contribution in [0.5, 0.6) is 0 Å². The Kier molecular flexibility index (Phi) is 9.01. The molecular formula is C35H41N13O4S. The molecule has 7 heterocycles. The zero-order valence-corrected chi connectivity index (χ0v) is 30.6. The Hall–Kier alpha value is -5.49. The molecule has 276 valence electrons. The van der Waals surface area contributed by atoms with Gasteiger partial charge in [-0.25, -0.2) is 28.2 Å². The Labute approximate surface area is 306 Å². The maximum absolute atomic E-state index is 12.6. The molecule has 2 aliphatic heterocycles. The molecule has 0 bridgehead atoms. The van der Waals surface area contributed by atoms with Crippen molar-refractivity contribution in [3.8, 4) is 11.4 Å². The first-order valence-electron chi connectivity index (χ1n) is 17.8. The molecule has 1 aliphatic carbocycles. The van der Waals surface area contributed by atoms with Crippen molar-refractivity contribution in [2.75, 3.05) is 41.8 Å². The van der Waals surface area contributed by atoms with Crippen molar-refractivity contribution < 1.29 is 18.0 Å². The number of aromatic nitrogens is 8. The number of nitrogens with one attached hydrogen (secondary N) is 2. The fraction of sp³-hybridized carbons (Fsp3) is 0.429. The Morgan fingerprint density at radius 1 is 0.981 bits per heavy atom. The summed E-state index contributed by atoms with van der Waals surface area (Å²) in [6, 6.07) is 7.60. The molecule has 3 amide bonds. The van der Waals surface area contributed by atoms with Crippen LogP contribution in [-0.4, -0.2) is 102 Å². The molecule has 2 N–H and O–H groups in total. The van der Waals surface area contributed by atoms with Crippen molar-refractivity contribution in [2.24, 2.45) is 0 Å². The van der Waals surface area contributed by atoms with Gasteiger partial charge in [0, 0.05) is 63.1 Å². The normalized spacial score (nSPS) is 17.3. The smallest absolute Gasteiger partial charge is 0.328 e.